The number of aromatic nitrogens is 2. The molecule has 0 bridgehead atoms. The number of hydrogen-bond acceptors (Lipinski definition) is 13. The van der Waals surface area contributed by atoms with E-state index in [2.05, 4.69) is 38.8 Å². The van der Waals surface area contributed by atoms with E-state index in [1.807, 2.05) is 30.3 Å². The van der Waals surface area contributed by atoms with Crippen LogP contribution in [0.1, 0.15) is 42.6 Å². The van der Waals surface area contributed by atoms with Crippen LogP contribution in [0.4, 0.5) is 11.4 Å². The highest BCUT2D eigenvalue weighted by Gasteiger charge is 2.33. The minimum atomic E-state index is -4.64. The Morgan fingerprint density at radius 2 is 1.92 bits per heavy atom. The van der Waals surface area contributed by atoms with Gasteiger partial charge in [0.05, 0.1) is 53.6 Å². The van der Waals surface area contributed by atoms with Crippen molar-refractivity contribution in [1.29, 1.82) is 0 Å². The van der Waals surface area contributed by atoms with Crippen LogP contribution in [0, 0.1) is 10.1 Å². The zero-order valence-electron chi connectivity index (χ0n) is 33.5. The van der Waals surface area contributed by atoms with Crippen LogP contribution in [0.25, 0.3) is 16.6 Å². The Morgan fingerprint density at radius 1 is 1.08 bits per heavy atom. The van der Waals surface area contributed by atoms with Crippen molar-refractivity contribution >= 4 is 55.5 Å². The first-order valence-corrected chi connectivity index (χ1v) is 21.7. The number of piperazine rings is 1. The van der Waals surface area contributed by atoms with E-state index in [-0.39, 0.29) is 41.9 Å². The number of anilines is 1. The Hall–Kier alpha value is -5.56. The van der Waals surface area contributed by atoms with Crippen LogP contribution in [0.2, 0.25) is 5.02 Å². The quantitative estimate of drug-likeness (QED) is 0.0841. The second kappa shape index (κ2) is 17.8. The monoisotopic (exact) mass is 872 g/mol. The summed E-state index contributed by atoms with van der Waals surface area (Å²) in [5.74, 6) is -0.778. The molecule has 3 N–H and O–H groups in total. The summed E-state index contributed by atoms with van der Waals surface area (Å²) >= 11 is 6.25. The average molecular weight is 873 g/mol. The number of nitro groups is 1. The molecule has 320 valence electrons. The van der Waals surface area contributed by atoms with Crippen LogP contribution in [0.15, 0.2) is 95.7 Å². The molecule has 8 rings (SSSR count). The maximum atomic E-state index is 14.0. The molecule has 0 spiro atoms. The molecule has 2 aromatic heterocycles. The normalized spacial score (nSPS) is 19.4. The van der Waals surface area contributed by atoms with Gasteiger partial charge >= 0.3 is 5.69 Å². The highest BCUT2D eigenvalue weighted by molar-refractivity contribution is 7.90. The second-order valence-corrected chi connectivity index (χ2v) is 17.8. The van der Waals surface area contributed by atoms with Crippen molar-refractivity contribution in [3.63, 3.8) is 0 Å². The Labute approximate surface area is 357 Å². The molecular weight excluding hydrogens is 828 g/mol. The summed E-state index contributed by atoms with van der Waals surface area (Å²) in [5, 5.41) is 17.0. The summed E-state index contributed by atoms with van der Waals surface area (Å²) < 4.78 is 58.7. The van der Waals surface area contributed by atoms with E-state index in [9.17, 15) is 23.3 Å². The summed E-state index contributed by atoms with van der Waals surface area (Å²) in [4.78, 5) is 34.5. The maximum absolute atomic E-state index is 14.0. The number of benzene rings is 3. The molecule has 0 saturated carbocycles. The third-order valence-electron chi connectivity index (χ3n) is 10.8. The zero-order chi connectivity index (χ0) is 42.7. The van der Waals surface area contributed by atoms with E-state index in [1.165, 1.54) is 29.5 Å². The van der Waals surface area contributed by atoms with Gasteiger partial charge in [0.1, 0.15) is 29.9 Å². The number of fused-ring (bicyclic) bond motifs is 1. The van der Waals surface area contributed by atoms with Crippen LogP contribution < -0.4 is 24.4 Å². The van der Waals surface area contributed by atoms with Crippen molar-refractivity contribution in [2.75, 3.05) is 57.6 Å². The van der Waals surface area contributed by atoms with Gasteiger partial charge in [-0.25, -0.2) is 18.1 Å². The largest absolute Gasteiger partial charge is 0.484 e. The number of H-pyrrole nitrogens is 1. The van der Waals surface area contributed by atoms with Crippen molar-refractivity contribution in [1.82, 2.24) is 20.0 Å². The molecule has 3 aromatic carbocycles. The predicted molar refractivity (Wildman–Crippen MR) is 228 cm³/mol. The average Bonchev–Trinajstić information content (AvgIpc) is 3.72. The van der Waals surface area contributed by atoms with Gasteiger partial charge in [-0.2, -0.15) is 0 Å². The highest BCUT2D eigenvalue weighted by Crippen LogP contribution is 2.39. The lowest BCUT2D eigenvalue weighted by Gasteiger charge is -2.41. The lowest BCUT2D eigenvalue weighted by molar-refractivity contribution is -0.386. The number of amides is 1. The number of sulfonamides is 1. The number of pyridine rings is 1. The number of halogens is 1. The van der Waals surface area contributed by atoms with Crippen LogP contribution in [0.5, 0.6) is 17.2 Å². The Balaban J connectivity index is 1.09. The summed E-state index contributed by atoms with van der Waals surface area (Å²) in [7, 11) is -4.64. The molecule has 5 heterocycles. The van der Waals surface area contributed by atoms with Gasteiger partial charge in [-0.15, -0.1) is 0 Å². The Bertz CT molecular complexity index is 2580. The molecule has 2 atom stereocenters. The number of nitro benzene ring substituents is 1. The Kier molecular flexibility index (Phi) is 12.3. The minimum absolute atomic E-state index is 0.0205. The number of carbonyl (C=O) groups is 1. The fourth-order valence-electron chi connectivity index (χ4n) is 7.72. The first kappa shape index (κ1) is 42.1. The van der Waals surface area contributed by atoms with E-state index >= 15 is 0 Å². The summed E-state index contributed by atoms with van der Waals surface area (Å²) in [6, 6.07) is 19.6. The van der Waals surface area contributed by atoms with Gasteiger partial charge in [0.2, 0.25) is 0 Å². The van der Waals surface area contributed by atoms with Crippen LogP contribution in [-0.4, -0.2) is 99.6 Å². The minimum Gasteiger partial charge on any atom is -0.484 e. The van der Waals surface area contributed by atoms with E-state index in [4.69, 9.17) is 35.3 Å². The highest BCUT2D eigenvalue weighted by atomic mass is 35.5. The fourth-order valence-corrected chi connectivity index (χ4v) is 8.83. The number of ether oxygens (including phenoxy) is 5. The first-order valence-electron chi connectivity index (χ1n) is 19.8. The number of aromatic amines is 1. The van der Waals surface area contributed by atoms with Crippen LogP contribution in [0.3, 0.4) is 0 Å². The summed E-state index contributed by atoms with van der Waals surface area (Å²) in [6.07, 6.45) is 4.21. The molecule has 3 aliphatic heterocycles. The fraction of sp³-hybridized carbons (Fsp3) is 0.349. The lowest BCUT2D eigenvalue weighted by Crippen LogP contribution is -2.52. The molecule has 61 heavy (non-hydrogen) atoms. The summed E-state index contributed by atoms with van der Waals surface area (Å²) in [6.45, 7) is 7.65. The molecule has 16 nitrogen and oxygen atoms in total. The Morgan fingerprint density at radius 3 is 2.70 bits per heavy atom. The molecular formula is C43H45ClN6O10S. The van der Waals surface area contributed by atoms with Crippen LogP contribution >= 0.6 is 11.6 Å². The SMILES string of the molecule is CC1(C)CC(c2ccc(Cl)cc2)=C(CC2CNCCN2c2ccc(C(=O)NS(=O)(=O)c3ccc(OCC4COCCO4)c([N+](=O)[O-])c3)c(Oc3cnc4[nH]ccc4c3)c2)CO1. The summed E-state index contributed by atoms with van der Waals surface area (Å²) in [5.41, 5.74) is 3.85. The molecule has 2 saturated heterocycles. The van der Waals surface area contributed by atoms with Gasteiger partial charge in [0.15, 0.2) is 5.75 Å². The maximum Gasteiger partial charge on any atom is 0.312 e. The number of carbonyl (C=O) groups excluding carboxylic acids is 1. The predicted octanol–water partition coefficient (Wildman–Crippen LogP) is 6.65. The number of nitrogens with one attached hydrogen (secondary N) is 3. The van der Waals surface area contributed by atoms with E-state index in [0.29, 0.717) is 62.3 Å². The van der Waals surface area contributed by atoms with Gasteiger partial charge in [-0.05, 0) is 85.5 Å². The standard InChI is InChI=1S/C43H45ClN6O10S/c1-43(2)21-37(27-3-5-30(44)6-4-27)29(24-59-43)17-32-22-45-13-14-49(32)31-7-9-36(40(19-31)60-33-18-28-11-12-46-41(28)47-23-33)42(51)48-61(54,55)35-8-10-39(38(20-35)50(52)53)58-26-34-25-56-15-16-57-34/h3-12,18-20,23,32,34,45H,13-17,21-22,24-26H2,1-2H3,(H,46,47)(H,48,51). The molecule has 2 fully saturated rings. The van der Waals surface area contributed by atoms with Crippen LogP contribution in [-0.2, 0) is 24.2 Å². The van der Waals surface area contributed by atoms with Crippen molar-refractivity contribution in [3.05, 3.63) is 117 Å². The molecule has 5 aromatic rings. The van der Waals surface area contributed by atoms with E-state index in [1.54, 1.807) is 24.4 Å². The lowest BCUT2D eigenvalue weighted by atomic mass is 9.85. The van der Waals surface area contributed by atoms with E-state index in [0.717, 1.165) is 35.2 Å². The van der Waals surface area contributed by atoms with Gasteiger partial charge in [0.25, 0.3) is 15.9 Å². The zero-order valence-corrected chi connectivity index (χ0v) is 35.1. The van der Waals surface area contributed by atoms with Crippen molar-refractivity contribution in [2.45, 2.75) is 49.3 Å². The second-order valence-electron chi connectivity index (χ2n) is 15.6. The number of nitrogens with zero attached hydrogens (tertiary/aromatic N) is 3. The van der Waals surface area contributed by atoms with Gasteiger partial charge in [0, 0.05) is 66.5 Å². The molecule has 1 amide bonds. The van der Waals surface area contributed by atoms with E-state index < -0.39 is 37.5 Å². The van der Waals surface area contributed by atoms with Crippen molar-refractivity contribution in [3.8, 4) is 17.2 Å². The number of hydrogen-bond donors (Lipinski definition) is 3. The van der Waals surface area contributed by atoms with Gasteiger partial charge in [-0.1, -0.05) is 23.7 Å². The third kappa shape index (κ3) is 9.82. The van der Waals surface area contributed by atoms with Crippen molar-refractivity contribution in [2.24, 2.45) is 0 Å². The molecule has 2 unspecified atom stereocenters. The molecule has 18 heteroatoms. The van der Waals surface area contributed by atoms with Crippen molar-refractivity contribution < 1.29 is 41.8 Å². The molecule has 0 radical (unpaired) electrons. The first-order chi connectivity index (χ1) is 29.3. The molecule has 0 aliphatic carbocycles. The third-order valence-corrected chi connectivity index (χ3v) is 12.4. The topological polar surface area (TPSA) is 196 Å². The van der Waals surface area contributed by atoms with Gasteiger partial charge < -0.3 is 38.9 Å². The molecule has 3 aliphatic rings. The van der Waals surface area contributed by atoms with Gasteiger partial charge in [-0.3, -0.25) is 14.9 Å². The number of rotatable bonds is 13. The smallest absolute Gasteiger partial charge is 0.312 e.